The van der Waals surface area contributed by atoms with Gasteiger partial charge in [-0.05, 0) is 23.8 Å². The summed E-state index contributed by atoms with van der Waals surface area (Å²) in [6, 6.07) is 6.85. The van der Waals surface area contributed by atoms with Crippen LogP contribution in [-0.4, -0.2) is 11.3 Å². The Morgan fingerprint density at radius 3 is 2.13 bits per heavy atom. The molecule has 23 heavy (non-hydrogen) atoms. The molecule has 0 saturated carbocycles. The summed E-state index contributed by atoms with van der Waals surface area (Å²) in [5.41, 5.74) is -0.189. The van der Waals surface area contributed by atoms with Crippen LogP contribution in [0.2, 0.25) is 0 Å². The largest absolute Gasteiger partial charge is 0.497 e. The van der Waals surface area contributed by atoms with E-state index < -0.39 is 39.6 Å². The Labute approximate surface area is 132 Å². The molecule has 0 aliphatic heterocycles. The van der Waals surface area contributed by atoms with Gasteiger partial charge in [0.25, 0.3) is 0 Å². The molecule has 0 saturated heterocycles. The van der Waals surface area contributed by atoms with Gasteiger partial charge in [0.05, 0.1) is 29.2 Å². The summed E-state index contributed by atoms with van der Waals surface area (Å²) >= 11 is 0. The molecule has 0 aliphatic carbocycles. The van der Waals surface area contributed by atoms with Crippen molar-refractivity contribution in [3.8, 4) is 5.75 Å². The van der Waals surface area contributed by atoms with Gasteiger partial charge in [-0.1, -0.05) is 12.1 Å². The van der Waals surface area contributed by atoms with Crippen LogP contribution in [0.1, 0.15) is 11.1 Å². The number of rotatable bonds is 5. The average Bonchev–Trinajstić information content (AvgIpc) is 2.53. The minimum absolute atomic E-state index is 0.0849. The number of methoxy groups -OCH3 is 1. The molecule has 1 unspecified atom stereocenters. The summed E-state index contributed by atoms with van der Waals surface area (Å²) in [4.78, 5) is 0. The van der Waals surface area contributed by atoms with Crippen LogP contribution in [0.3, 0.4) is 0 Å². The second-order valence-corrected chi connectivity index (χ2v) is 5.88. The molecule has 2 nitrogen and oxygen atoms in total. The van der Waals surface area contributed by atoms with E-state index in [2.05, 4.69) is 0 Å². The minimum Gasteiger partial charge on any atom is -0.497 e. The molecule has 0 heterocycles. The topological polar surface area (TPSA) is 26.3 Å². The molecule has 1 atom stereocenters. The predicted octanol–water partition coefficient (Wildman–Crippen LogP) is 4.17. The lowest BCUT2D eigenvalue weighted by Gasteiger charge is -2.03. The smallest absolute Gasteiger partial charge is 0.169 e. The molecular weight excluding hydrogens is 332 g/mol. The molecule has 0 bridgehead atoms. The van der Waals surface area contributed by atoms with Crippen LogP contribution >= 0.6 is 0 Å². The molecule has 0 aliphatic rings. The van der Waals surface area contributed by atoms with Crippen LogP contribution in [0.5, 0.6) is 5.75 Å². The van der Waals surface area contributed by atoms with Gasteiger partial charge in [-0.3, -0.25) is 4.21 Å². The standard InChI is InChI=1S/C16H12F4O2S/c1-22-11-4-2-10(3-5-11)9-23(21)7-6-12-15(19)13(17)8-14(18)16(12)20/h2-8H,9H2,1H3. The number of ether oxygens (including phenoxy) is 1. The van der Waals surface area contributed by atoms with Crippen LogP contribution in [-0.2, 0) is 16.6 Å². The number of halogens is 4. The lowest BCUT2D eigenvalue weighted by Crippen LogP contribution is -1.98. The van der Waals surface area contributed by atoms with E-state index >= 15 is 0 Å². The summed E-state index contributed by atoms with van der Waals surface area (Å²) < 4.78 is 69.9. The number of hydrogen-bond donors (Lipinski definition) is 0. The molecule has 7 heteroatoms. The van der Waals surface area contributed by atoms with Crippen LogP contribution in [0.25, 0.3) is 6.08 Å². The maximum absolute atomic E-state index is 13.5. The fourth-order valence-electron chi connectivity index (χ4n) is 1.82. The molecule has 0 amide bonds. The Balaban J connectivity index is 2.15. The van der Waals surface area contributed by atoms with Gasteiger partial charge >= 0.3 is 0 Å². The van der Waals surface area contributed by atoms with Crippen molar-refractivity contribution in [3.05, 3.63) is 70.1 Å². The Hall–Kier alpha value is -2.15. The van der Waals surface area contributed by atoms with Gasteiger partial charge in [-0.15, -0.1) is 0 Å². The van der Waals surface area contributed by atoms with Crippen LogP contribution in [0, 0.1) is 23.3 Å². The van der Waals surface area contributed by atoms with Crippen molar-refractivity contribution >= 4 is 16.9 Å². The molecule has 2 aromatic carbocycles. The van der Waals surface area contributed by atoms with Crippen molar-refractivity contribution in [1.82, 2.24) is 0 Å². The highest BCUT2D eigenvalue weighted by Gasteiger charge is 2.17. The van der Waals surface area contributed by atoms with Crippen molar-refractivity contribution in [3.63, 3.8) is 0 Å². The first-order valence-electron chi connectivity index (χ1n) is 6.43. The second kappa shape index (κ2) is 7.41. The quantitative estimate of drug-likeness (QED) is 0.601. The molecule has 0 radical (unpaired) electrons. The Bertz CT molecular complexity index is 731. The molecule has 0 N–H and O–H groups in total. The van der Waals surface area contributed by atoms with E-state index in [-0.39, 0.29) is 11.8 Å². The molecule has 0 aromatic heterocycles. The highest BCUT2D eigenvalue weighted by molar-refractivity contribution is 7.87. The van der Waals surface area contributed by atoms with E-state index in [1.165, 1.54) is 7.11 Å². The molecule has 2 rings (SSSR count). The van der Waals surface area contributed by atoms with E-state index in [1.807, 2.05) is 0 Å². The van der Waals surface area contributed by atoms with Gasteiger partial charge < -0.3 is 4.74 Å². The molecule has 0 spiro atoms. The third kappa shape index (κ3) is 4.19. The van der Waals surface area contributed by atoms with Gasteiger partial charge in [-0.25, -0.2) is 17.6 Å². The molecular formula is C16H12F4O2S. The van der Waals surface area contributed by atoms with Crippen LogP contribution < -0.4 is 4.74 Å². The predicted molar refractivity (Wildman–Crippen MR) is 80.1 cm³/mol. The first-order valence-corrected chi connectivity index (χ1v) is 7.82. The summed E-state index contributed by atoms with van der Waals surface area (Å²) in [6.07, 6.45) is 0.774. The third-order valence-corrected chi connectivity index (χ3v) is 4.06. The number of benzene rings is 2. The second-order valence-electron chi connectivity index (χ2n) is 4.56. The van der Waals surface area contributed by atoms with E-state index in [0.717, 1.165) is 11.5 Å². The van der Waals surface area contributed by atoms with Crippen LogP contribution in [0.4, 0.5) is 17.6 Å². The normalized spacial score (nSPS) is 12.6. The summed E-state index contributed by atoms with van der Waals surface area (Å²) in [5, 5.41) is 0.991. The summed E-state index contributed by atoms with van der Waals surface area (Å²) in [5.74, 6) is -5.35. The third-order valence-electron chi connectivity index (χ3n) is 3.00. The lowest BCUT2D eigenvalue weighted by molar-refractivity contribution is 0.414. The Morgan fingerprint density at radius 1 is 1.04 bits per heavy atom. The zero-order chi connectivity index (χ0) is 17.0. The first-order chi connectivity index (χ1) is 10.9. The summed E-state index contributed by atoms with van der Waals surface area (Å²) in [7, 11) is -0.0984. The van der Waals surface area contributed by atoms with Crippen molar-refractivity contribution in [2.24, 2.45) is 0 Å². The van der Waals surface area contributed by atoms with Gasteiger partial charge in [0.1, 0.15) is 5.75 Å². The number of hydrogen-bond acceptors (Lipinski definition) is 2. The van der Waals surface area contributed by atoms with Crippen molar-refractivity contribution < 1.29 is 26.5 Å². The van der Waals surface area contributed by atoms with E-state index in [4.69, 9.17) is 4.74 Å². The van der Waals surface area contributed by atoms with Crippen molar-refractivity contribution in [2.45, 2.75) is 5.75 Å². The Morgan fingerprint density at radius 2 is 1.61 bits per heavy atom. The fourth-order valence-corrected chi connectivity index (χ4v) is 2.72. The average molecular weight is 344 g/mol. The van der Waals surface area contributed by atoms with E-state index in [0.29, 0.717) is 11.3 Å². The van der Waals surface area contributed by atoms with Gasteiger partial charge in [0.2, 0.25) is 0 Å². The van der Waals surface area contributed by atoms with E-state index in [1.54, 1.807) is 24.3 Å². The highest BCUT2D eigenvalue weighted by atomic mass is 32.2. The van der Waals surface area contributed by atoms with Crippen molar-refractivity contribution in [2.75, 3.05) is 7.11 Å². The highest BCUT2D eigenvalue weighted by Crippen LogP contribution is 2.21. The fraction of sp³-hybridized carbons (Fsp3) is 0.125. The minimum atomic E-state index is -1.61. The van der Waals surface area contributed by atoms with Crippen LogP contribution in [0.15, 0.2) is 35.7 Å². The van der Waals surface area contributed by atoms with E-state index in [9.17, 15) is 21.8 Å². The van der Waals surface area contributed by atoms with Gasteiger partial charge in [0.15, 0.2) is 23.3 Å². The zero-order valence-electron chi connectivity index (χ0n) is 12.0. The lowest BCUT2D eigenvalue weighted by atomic mass is 10.2. The zero-order valence-corrected chi connectivity index (χ0v) is 12.8. The Kier molecular flexibility index (Phi) is 5.54. The maximum Gasteiger partial charge on any atom is 0.169 e. The maximum atomic E-state index is 13.5. The van der Waals surface area contributed by atoms with Crippen molar-refractivity contribution in [1.29, 1.82) is 0 Å². The molecule has 122 valence electrons. The SMILES string of the molecule is COc1ccc(CS(=O)C=Cc2c(F)c(F)cc(F)c2F)cc1. The summed E-state index contributed by atoms with van der Waals surface area (Å²) in [6.45, 7) is 0. The molecule has 2 aromatic rings. The van der Waals surface area contributed by atoms with Gasteiger partial charge in [-0.2, -0.15) is 0 Å². The monoisotopic (exact) mass is 344 g/mol. The molecule has 0 fully saturated rings. The van der Waals surface area contributed by atoms with Gasteiger partial charge in [0, 0.05) is 11.5 Å². The first kappa shape index (κ1) is 17.2.